The van der Waals surface area contributed by atoms with Crippen LogP contribution in [0.5, 0.6) is 0 Å². The van der Waals surface area contributed by atoms with Crippen molar-refractivity contribution in [2.75, 3.05) is 6.54 Å². The van der Waals surface area contributed by atoms with Gasteiger partial charge in [0.2, 0.25) is 0 Å². The normalized spacial score (nSPS) is 10.3. The van der Waals surface area contributed by atoms with Gasteiger partial charge in [-0.1, -0.05) is 6.92 Å². The summed E-state index contributed by atoms with van der Waals surface area (Å²) in [7, 11) is 0. The summed E-state index contributed by atoms with van der Waals surface area (Å²) < 4.78 is 0. The molecule has 5 nitrogen and oxygen atoms in total. The first kappa shape index (κ1) is 18.1. The van der Waals surface area contributed by atoms with Gasteiger partial charge in [0, 0.05) is 32.7 Å². The van der Waals surface area contributed by atoms with Crippen LogP contribution in [0.25, 0.3) is 0 Å². The fraction of sp³-hybridized carbons (Fsp3) is 0.833. The van der Waals surface area contributed by atoms with Crippen LogP contribution in [0, 0.1) is 0 Å². The number of aliphatic carboxylic acids is 1. The zero-order chi connectivity index (χ0) is 9.28. The molecule has 0 saturated carbocycles. The summed E-state index contributed by atoms with van der Waals surface area (Å²) in [6.07, 6.45) is -0.249. The van der Waals surface area contributed by atoms with Gasteiger partial charge in [-0.05, 0) is 13.3 Å². The molecule has 0 aliphatic rings. The summed E-state index contributed by atoms with van der Waals surface area (Å²) >= 11 is 0. The van der Waals surface area contributed by atoms with E-state index in [2.05, 4.69) is 0 Å². The van der Waals surface area contributed by atoms with Crippen LogP contribution in [-0.4, -0.2) is 34.0 Å². The number of hydroxylamine groups is 1. The average Bonchev–Trinajstić information content (AvgIpc) is 1.90. The molecule has 0 aliphatic carbocycles. The second-order valence-corrected chi connectivity index (χ2v) is 1.92. The molecule has 6 heteroatoms. The van der Waals surface area contributed by atoms with E-state index in [1.54, 1.807) is 0 Å². The fourth-order valence-electron chi connectivity index (χ4n) is 0.112. The smallest absolute Gasteiger partial charge is 0.332 e. The van der Waals surface area contributed by atoms with Crippen molar-refractivity contribution in [1.29, 1.82) is 0 Å². The molecule has 0 bridgehead atoms. The van der Waals surface area contributed by atoms with Gasteiger partial charge in [-0.3, -0.25) is 0 Å². The van der Waals surface area contributed by atoms with Crippen molar-refractivity contribution in [3.8, 4) is 0 Å². The van der Waals surface area contributed by atoms with Crippen LogP contribution in [0.15, 0.2) is 0 Å². The average molecular weight is 256 g/mol. The van der Waals surface area contributed by atoms with Gasteiger partial charge in [0.15, 0.2) is 0 Å². The van der Waals surface area contributed by atoms with Gasteiger partial charge < -0.3 is 15.4 Å². The predicted octanol–water partition coefficient (Wildman–Crippen LogP) is -0.176. The Balaban J connectivity index is -0.000000126. The van der Waals surface area contributed by atoms with Crippen molar-refractivity contribution in [2.24, 2.45) is 0 Å². The molecule has 0 amide bonds. The van der Waals surface area contributed by atoms with Crippen molar-refractivity contribution < 1.29 is 46.4 Å². The molecular weight excluding hydrogens is 241 g/mol. The number of carboxylic acid groups (broad SMARTS) is 1. The third-order valence-corrected chi connectivity index (χ3v) is 0.719. The maximum absolute atomic E-state index is 9.45. The first-order valence-electron chi connectivity index (χ1n) is 3.34. The Morgan fingerprint density at radius 2 is 1.92 bits per heavy atom. The van der Waals surface area contributed by atoms with Crippen LogP contribution in [0.1, 0.15) is 20.3 Å². The van der Waals surface area contributed by atoms with Crippen LogP contribution >= 0.6 is 0 Å². The molecule has 1 atom stereocenters. The van der Waals surface area contributed by atoms with Gasteiger partial charge in [-0.2, -0.15) is 0 Å². The summed E-state index contributed by atoms with van der Waals surface area (Å²) in [5.41, 5.74) is 2.02. The van der Waals surface area contributed by atoms with E-state index in [9.17, 15) is 4.79 Å². The molecule has 0 radical (unpaired) electrons. The van der Waals surface area contributed by atoms with E-state index in [-0.39, 0.29) is 26.2 Å². The molecular formula is C6H15NO4Zr. The van der Waals surface area contributed by atoms with E-state index in [0.29, 0.717) is 6.54 Å². The third kappa shape index (κ3) is 22.5. The maximum Gasteiger partial charge on any atom is 0.332 e. The van der Waals surface area contributed by atoms with Crippen molar-refractivity contribution in [1.82, 2.24) is 5.48 Å². The summed E-state index contributed by atoms with van der Waals surface area (Å²) in [4.78, 5) is 9.45. The minimum atomic E-state index is -1.23. The zero-order valence-corrected chi connectivity index (χ0v) is 9.70. The second kappa shape index (κ2) is 13.8. The molecule has 0 aromatic heterocycles. The monoisotopic (exact) mass is 255 g/mol. The fourth-order valence-corrected chi connectivity index (χ4v) is 0.112. The Bertz CT molecular complexity index is 97.5. The van der Waals surface area contributed by atoms with Crippen molar-refractivity contribution in [2.45, 2.75) is 26.4 Å². The third-order valence-electron chi connectivity index (χ3n) is 0.719. The SMILES string of the molecule is CC(O)C(=O)O.CCCNO.[Zr]. The van der Waals surface area contributed by atoms with Crippen LogP contribution in [0.3, 0.4) is 0 Å². The number of carbonyl (C=O) groups is 1. The number of hydrogen-bond acceptors (Lipinski definition) is 4. The van der Waals surface area contributed by atoms with Crippen molar-refractivity contribution in [3.05, 3.63) is 0 Å². The van der Waals surface area contributed by atoms with E-state index < -0.39 is 12.1 Å². The van der Waals surface area contributed by atoms with Crippen LogP contribution in [0.2, 0.25) is 0 Å². The maximum atomic E-state index is 9.45. The Kier molecular flexibility index (Phi) is 20.8. The summed E-state index contributed by atoms with van der Waals surface area (Å²) in [5, 5.41) is 23.6. The molecule has 12 heavy (non-hydrogen) atoms. The Morgan fingerprint density at radius 3 is 1.92 bits per heavy atom. The number of rotatable bonds is 3. The molecule has 0 spiro atoms. The van der Waals surface area contributed by atoms with Crippen molar-refractivity contribution >= 4 is 5.97 Å². The Labute approximate surface area is 90.9 Å². The van der Waals surface area contributed by atoms with Crippen LogP contribution < -0.4 is 5.48 Å². The number of aliphatic hydroxyl groups excluding tert-OH is 1. The van der Waals surface area contributed by atoms with E-state index in [0.717, 1.165) is 6.42 Å². The summed E-state index contributed by atoms with van der Waals surface area (Å²) in [6.45, 7) is 3.88. The van der Waals surface area contributed by atoms with Crippen LogP contribution in [-0.2, 0) is 31.0 Å². The van der Waals surface area contributed by atoms with Gasteiger partial charge in [-0.25, -0.2) is 10.3 Å². The molecule has 0 heterocycles. The van der Waals surface area contributed by atoms with Gasteiger partial charge in [0.1, 0.15) is 6.10 Å². The van der Waals surface area contributed by atoms with Gasteiger partial charge in [0.05, 0.1) is 0 Å². The van der Waals surface area contributed by atoms with E-state index >= 15 is 0 Å². The van der Waals surface area contributed by atoms with E-state index in [1.165, 1.54) is 6.92 Å². The molecule has 1 unspecified atom stereocenters. The Hall–Kier alpha value is 0.233. The first-order chi connectivity index (χ1) is 5.06. The minimum Gasteiger partial charge on any atom is -0.479 e. The summed E-state index contributed by atoms with van der Waals surface area (Å²) in [6, 6.07) is 0. The molecule has 4 N–H and O–H groups in total. The summed E-state index contributed by atoms with van der Waals surface area (Å²) in [5.74, 6) is -1.19. The zero-order valence-electron chi connectivity index (χ0n) is 7.24. The van der Waals surface area contributed by atoms with Gasteiger partial charge in [-0.15, -0.1) is 0 Å². The number of nitrogens with one attached hydrogen (secondary N) is 1. The quantitative estimate of drug-likeness (QED) is 0.526. The molecule has 0 aromatic rings. The van der Waals surface area contributed by atoms with E-state index in [4.69, 9.17) is 15.4 Å². The molecule has 0 aliphatic heterocycles. The number of carboxylic acids is 1. The standard InChI is InChI=1S/C3H9NO.C3H6O3.Zr/c1-2-3-4-5;1-2(4)3(5)6;/h4-5H,2-3H2,1H3;2,4H,1H3,(H,5,6);. The van der Waals surface area contributed by atoms with Crippen LogP contribution in [0.4, 0.5) is 0 Å². The predicted molar refractivity (Wildman–Crippen MR) is 39.4 cm³/mol. The molecule has 0 fully saturated rings. The molecule has 0 aromatic carbocycles. The van der Waals surface area contributed by atoms with Gasteiger partial charge >= 0.3 is 5.97 Å². The molecule has 0 rings (SSSR count). The van der Waals surface area contributed by atoms with E-state index in [1.807, 2.05) is 12.4 Å². The molecule has 0 saturated heterocycles. The number of aliphatic hydroxyl groups is 1. The topological polar surface area (TPSA) is 89.8 Å². The minimum absolute atomic E-state index is 0. The van der Waals surface area contributed by atoms with Crippen molar-refractivity contribution in [3.63, 3.8) is 0 Å². The second-order valence-electron chi connectivity index (χ2n) is 1.92. The first-order valence-corrected chi connectivity index (χ1v) is 3.34. The largest absolute Gasteiger partial charge is 0.479 e. The molecule has 72 valence electrons. The Morgan fingerprint density at radius 1 is 1.58 bits per heavy atom. The number of hydrogen-bond donors (Lipinski definition) is 4. The van der Waals surface area contributed by atoms with Gasteiger partial charge in [0.25, 0.3) is 0 Å².